The van der Waals surface area contributed by atoms with Crippen molar-refractivity contribution in [2.45, 2.75) is 18.9 Å². The predicted octanol–water partition coefficient (Wildman–Crippen LogP) is 3.42. The van der Waals surface area contributed by atoms with E-state index in [1.165, 1.54) is 6.07 Å². The number of nitrogens with zero attached hydrogens (tertiary/aromatic N) is 1. The van der Waals surface area contributed by atoms with Crippen molar-refractivity contribution in [1.82, 2.24) is 4.90 Å². The molecule has 4 nitrogen and oxygen atoms in total. The van der Waals surface area contributed by atoms with E-state index in [1.54, 1.807) is 34.4 Å². The number of carbonyl (C=O) groups excluding carboxylic acids is 1. The minimum Gasteiger partial charge on any atom is -0.478 e. The maximum absolute atomic E-state index is 12.7. The van der Waals surface area contributed by atoms with Gasteiger partial charge in [0.25, 0.3) is 5.91 Å². The number of thiophene rings is 1. The van der Waals surface area contributed by atoms with Crippen LogP contribution in [0.3, 0.4) is 0 Å². The number of benzene rings is 1. The van der Waals surface area contributed by atoms with Crippen LogP contribution >= 0.6 is 11.3 Å². The van der Waals surface area contributed by atoms with E-state index in [0.29, 0.717) is 6.54 Å². The molecule has 1 saturated heterocycles. The minimum absolute atomic E-state index is 0.0688. The van der Waals surface area contributed by atoms with Crippen LogP contribution in [-0.2, 0) is 0 Å². The van der Waals surface area contributed by atoms with Crippen molar-refractivity contribution in [2.24, 2.45) is 0 Å². The second-order valence-electron chi connectivity index (χ2n) is 5.02. The maximum Gasteiger partial charge on any atom is 0.336 e. The molecule has 0 saturated carbocycles. The van der Waals surface area contributed by atoms with Gasteiger partial charge in [0, 0.05) is 11.4 Å². The highest BCUT2D eigenvalue weighted by Crippen LogP contribution is 2.35. The molecule has 0 aliphatic carbocycles. The molecule has 1 aromatic carbocycles. The fourth-order valence-electron chi connectivity index (χ4n) is 2.80. The monoisotopic (exact) mass is 301 g/mol. The summed E-state index contributed by atoms with van der Waals surface area (Å²) in [6.45, 7) is 0.676. The van der Waals surface area contributed by atoms with E-state index in [0.717, 1.165) is 17.7 Å². The van der Waals surface area contributed by atoms with Gasteiger partial charge in [0.05, 0.1) is 17.2 Å². The Morgan fingerprint density at radius 3 is 2.57 bits per heavy atom. The first-order valence-electron chi connectivity index (χ1n) is 6.85. The first-order chi connectivity index (χ1) is 10.2. The van der Waals surface area contributed by atoms with Crippen LogP contribution in [-0.4, -0.2) is 28.4 Å². The summed E-state index contributed by atoms with van der Waals surface area (Å²) in [6.07, 6.45) is 1.88. The Bertz CT molecular complexity index is 666. The lowest BCUT2D eigenvalue weighted by atomic mass is 10.1. The van der Waals surface area contributed by atoms with E-state index in [9.17, 15) is 14.7 Å². The molecule has 108 valence electrons. The highest BCUT2D eigenvalue weighted by Gasteiger charge is 2.32. The van der Waals surface area contributed by atoms with Gasteiger partial charge in [0.1, 0.15) is 0 Å². The summed E-state index contributed by atoms with van der Waals surface area (Å²) < 4.78 is 0. The molecule has 0 radical (unpaired) electrons. The van der Waals surface area contributed by atoms with E-state index in [4.69, 9.17) is 0 Å². The van der Waals surface area contributed by atoms with Crippen molar-refractivity contribution >= 4 is 23.2 Å². The molecule has 0 bridgehead atoms. The number of carbonyl (C=O) groups is 2. The van der Waals surface area contributed by atoms with Gasteiger partial charge >= 0.3 is 5.97 Å². The summed E-state index contributed by atoms with van der Waals surface area (Å²) >= 11 is 1.64. The average Bonchev–Trinajstić information content (AvgIpc) is 3.16. The molecule has 3 rings (SSSR count). The van der Waals surface area contributed by atoms with Crippen molar-refractivity contribution in [2.75, 3.05) is 6.54 Å². The third kappa shape index (κ3) is 2.56. The van der Waals surface area contributed by atoms with E-state index in [1.807, 2.05) is 17.5 Å². The van der Waals surface area contributed by atoms with Crippen molar-refractivity contribution in [3.63, 3.8) is 0 Å². The predicted molar refractivity (Wildman–Crippen MR) is 80.7 cm³/mol. The molecule has 0 spiro atoms. The Morgan fingerprint density at radius 2 is 1.90 bits per heavy atom. The number of carboxylic acids is 1. The van der Waals surface area contributed by atoms with E-state index in [-0.39, 0.29) is 23.1 Å². The molecule has 1 aliphatic rings. The molecule has 1 atom stereocenters. The van der Waals surface area contributed by atoms with Crippen molar-refractivity contribution in [1.29, 1.82) is 0 Å². The van der Waals surface area contributed by atoms with Crippen molar-refractivity contribution in [3.05, 3.63) is 57.8 Å². The van der Waals surface area contributed by atoms with Gasteiger partial charge in [-0.05, 0) is 36.4 Å². The molecule has 1 fully saturated rings. The highest BCUT2D eigenvalue weighted by atomic mass is 32.1. The smallest absolute Gasteiger partial charge is 0.336 e. The van der Waals surface area contributed by atoms with Gasteiger partial charge in [-0.15, -0.1) is 11.3 Å². The van der Waals surface area contributed by atoms with E-state index >= 15 is 0 Å². The van der Waals surface area contributed by atoms with E-state index < -0.39 is 5.97 Å². The van der Waals surface area contributed by atoms with Crippen LogP contribution in [0, 0.1) is 0 Å². The normalized spacial score (nSPS) is 17.9. The van der Waals surface area contributed by atoms with Gasteiger partial charge in [-0.1, -0.05) is 18.2 Å². The molecule has 2 aromatic rings. The Labute approximate surface area is 126 Å². The Balaban J connectivity index is 1.93. The van der Waals surface area contributed by atoms with Gasteiger partial charge in [-0.2, -0.15) is 0 Å². The van der Waals surface area contributed by atoms with Crippen LogP contribution in [0.25, 0.3) is 0 Å². The summed E-state index contributed by atoms with van der Waals surface area (Å²) in [4.78, 5) is 27.0. The largest absolute Gasteiger partial charge is 0.478 e. The van der Waals surface area contributed by atoms with Crippen molar-refractivity contribution in [3.8, 4) is 0 Å². The van der Waals surface area contributed by atoms with Gasteiger partial charge in [-0.3, -0.25) is 4.79 Å². The average molecular weight is 301 g/mol. The lowest BCUT2D eigenvalue weighted by Gasteiger charge is -2.24. The first-order valence-corrected chi connectivity index (χ1v) is 7.73. The number of hydrogen-bond donors (Lipinski definition) is 1. The molecule has 21 heavy (non-hydrogen) atoms. The molecular formula is C16H15NO3S. The molecule has 1 unspecified atom stereocenters. The molecule has 1 aliphatic heterocycles. The standard InChI is InChI=1S/C16H15NO3S/c18-15(11-5-1-2-6-12(11)16(19)20)17-9-3-7-13(17)14-8-4-10-21-14/h1-2,4-6,8,10,13H,3,7,9H2,(H,19,20). The van der Waals surface area contributed by atoms with Gasteiger partial charge in [0.15, 0.2) is 0 Å². The zero-order valence-corrected chi connectivity index (χ0v) is 12.2. The van der Waals surface area contributed by atoms with Crippen LogP contribution in [0.5, 0.6) is 0 Å². The Hall–Kier alpha value is -2.14. The summed E-state index contributed by atoms with van der Waals surface area (Å²) in [5, 5.41) is 11.2. The molecule has 1 N–H and O–H groups in total. The highest BCUT2D eigenvalue weighted by molar-refractivity contribution is 7.10. The summed E-state index contributed by atoms with van der Waals surface area (Å²) in [5.41, 5.74) is 0.341. The van der Waals surface area contributed by atoms with Crippen LogP contribution < -0.4 is 0 Å². The number of amides is 1. The van der Waals surface area contributed by atoms with Gasteiger partial charge in [-0.25, -0.2) is 4.79 Å². The molecule has 1 amide bonds. The van der Waals surface area contributed by atoms with Crippen molar-refractivity contribution < 1.29 is 14.7 Å². The van der Waals surface area contributed by atoms with Crippen LogP contribution in [0.15, 0.2) is 41.8 Å². The second-order valence-corrected chi connectivity index (χ2v) is 6.00. The fraction of sp³-hybridized carbons (Fsp3) is 0.250. The van der Waals surface area contributed by atoms with Crippen LogP contribution in [0.1, 0.15) is 44.5 Å². The fourth-order valence-corrected chi connectivity index (χ4v) is 3.67. The number of rotatable bonds is 3. The third-order valence-electron chi connectivity index (χ3n) is 3.77. The zero-order valence-electron chi connectivity index (χ0n) is 11.4. The topological polar surface area (TPSA) is 57.6 Å². The zero-order chi connectivity index (χ0) is 14.8. The number of likely N-dealkylation sites (tertiary alicyclic amines) is 1. The lowest BCUT2D eigenvalue weighted by molar-refractivity contribution is 0.0670. The Morgan fingerprint density at radius 1 is 1.14 bits per heavy atom. The molecule has 5 heteroatoms. The Kier molecular flexibility index (Phi) is 3.75. The summed E-state index contributed by atoms with van der Waals surface area (Å²) in [7, 11) is 0. The van der Waals surface area contributed by atoms with Gasteiger partial charge < -0.3 is 10.0 Å². The first kappa shape index (κ1) is 13.8. The SMILES string of the molecule is O=C(O)c1ccccc1C(=O)N1CCCC1c1cccs1. The van der Waals surface area contributed by atoms with Crippen LogP contribution in [0.4, 0.5) is 0 Å². The molecular weight excluding hydrogens is 286 g/mol. The second kappa shape index (κ2) is 5.69. The number of aromatic carboxylic acids is 1. The maximum atomic E-state index is 12.7. The minimum atomic E-state index is -1.06. The number of carboxylic acid groups (broad SMARTS) is 1. The van der Waals surface area contributed by atoms with Gasteiger partial charge in [0.2, 0.25) is 0 Å². The third-order valence-corrected chi connectivity index (χ3v) is 4.75. The quantitative estimate of drug-likeness (QED) is 0.945. The molecule has 2 heterocycles. The summed E-state index contributed by atoms with van der Waals surface area (Å²) in [6, 6.07) is 10.5. The van der Waals surface area contributed by atoms with Crippen LogP contribution in [0.2, 0.25) is 0 Å². The lowest BCUT2D eigenvalue weighted by Crippen LogP contribution is -2.31. The van der Waals surface area contributed by atoms with E-state index in [2.05, 4.69) is 0 Å². The molecule has 1 aromatic heterocycles. The summed E-state index contributed by atoms with van der Waals surface area (Å²) in [5.74, 6) is -1.25. The number of hydrogen-bond acceptors (Lipinski definition) is 3.